The number of nitrogens with zero attached hydrogens (tertiary/aromatic N) is 8. The van der Waals surface area contributed by atoms with Gasteiger partial charge < -0.3 is 70.3 Å². The number of piperazine rings is 1. The number of aldehydes is 1. The fourth-order valence-corrected chi connectivity index (χ4v) is 17.4. The normalized spacial score (nSPS) is 19.5. The van der Waals surface area contributed by atoms with Crippen LogP contribution in [0.15, 0.2) is 103 Å². The Bertz CT molecular complexity index is 5980. The Morgan fingerprint density at radius 2 is 0.880 bits per heavy atom. The third kappa shape index (κ3) is 24.9. The molecule has 18 amide bonds. The van der Waals surface area contributed by atoms with Crippen LogP contribution in [0, 0.1) is 0 Å². The number of amides is 18. The number of unbranched alkanes of at least 4 members (excludes halogenated alkanes) is 2. The fourth-order valence-electron chi connectivity index (χ4n) is 17.2. The fraction of sp³-hybridized carbons (Fsp3) is 0.417. The average Bonchev–Trinajstić information content (AvgIpc) is 1.61. The predicted molar refractivity (Wildman–Crippen MR) is 492 cm³/mol. The van der Waals surface area contributed by atoms with Gasteiger partial charge in [0, 0.05) is 108 Å². The van der Waals surface area contributed by atoms with E-state index < -0.39 is 162 Å². The Hall–Kier alpha value is -15.0. The summed E-state index contributed by atoms with van der Waals surface area (Å²) in [6.07, 6.45) is 5.98. The lowest BCUT2D eigenvalue weighted by Gasteiger charge is -2.38. The van der Waals surface area contributed by atoms with Crippen LogP contribution in [0.3, 0.4) is 0 Å². The number of rotatable bonds is 36. The monoisotopic (exact) mass is 1980 g/mol. The van der Waals surface area contributed by atoms with Crippen LogP contribution in [0.5, 0.6) is 23.0 Å². The molecule has 142 heavy (non-hydrogen) atoms. The van der Waals surface area contributed by atoms with Crippen LogP contribution in [-0.4, -0.2) is 308 Å². The van der Waals surface area contributed by atoms with Crippen LogP contribution in [0.1, 0.15) is 234 Å². The molecular weight excluding hydrogens is 1880 g/mol. The van der Waals surface area contributed by atoms with E-state index >= 15 is 0 Å². The number of nitrogens with two attached hydrogens (primary N) is 1. The molecular formula is C96H104ClN15O30. The smallest absolute Gasteiger partial charge is 0.266 e. The second-order valence-electron chi connectivity index (χ2n) is 34.0. The number of halogens is 1. The van der Waals surface area contributed by atoms with E-state index in [1.54, 1.807) is 12.1 Å². The summed E-state index contributed by atoms with van der Waals surface area (Å²) in [4.78, 5) is 285. The standard InChI is InChI=1S/C39H43ClN8O8.C19H20N2O7.C19H18N2O7.C16H14N2O7.C3H9NO/c1-22-18-28(49)34-32(22)35(44-21-43-34)46-14-16-47(17-15-46)37(53)26(23-6-8-24(40)9-7-23)19-41-12-3-13-42-31(51)20-56-29-5-2-4-25-33(29)39(55)48(38(25)54)27-10-11-30(50)45-36(27)52;2*22-9-2-1-4-11(23)10-28-14-6-3-5-12-16(14)19(27)21(18(12)26)13-7-8-15(24)20-17(13)25;19-6-8(20)7-25-11-3-1-2-9-13(11)16(24)18(15(9)23)10-4-5-12(21)17-14(10)22;4-2-1-3-5/h2,4-9,21-22,26-28,41,49H,3,10-20H2,1H3,(H,42,51)(H,45,50,52);3,5-6,13,22H,1-2,4,7-10H2,(H,20,24,25);3,5-6,9,13H,1-2,4,7-8,10H2,(H,20,24,25);1-3,10,19H,4-7H2,(H,17,21,22);5H,1-4H2/t22-,26-,27?,28-;;;;/m1..../s1. The summed E-state index contributed by atoms with van der Waals surface area (Å²) < 4.78 is 21.8. The number of ether oxygens (including phenoxy) is 4. The van der Waals surface area contributed by atoms with Gasteiger partial charge in [0.25, 0.3) is 53.2 Å². The van der Waals surface area contributed by atoms with Gasteiger partial charge in [-0.15, -0.1) is 0 Å². The van der Waals surface area contributed by atoms with Crippen molar-refractivity contribution >= 4 is 147 Å². The number of aliphatic hydroxyl groups is 4. The number of Topliss-reactive ketones (excluding diaryl/α,β-unsaturated/α-hetero) is 3. The molecule has 1 aromatic heterocycles. The number of anilines is 1. The summed E-state index contributed by atoms with van der Waals surface area (Å²) in [5.74, 6) is -10.7. The number of hydrogen-bond donors (Lipinski definition) is 11. The van der Waals surface area contributed by atoms with Crippen molar-refractivity contribution < 1.29 is 145 Å². The molecule has 0 spiro atoms. The van der Waals surface area contributed by atoms with E-state index in [1.807, 2.05) is 17.0 Å². The van der Waals surface area contributed by atoms with Gasteiger partial charge in [0.15, 0.2) is 24.0 Å². The highest BCUT2D eigenvalue weighted by molar-refractivity contribution is 6.31. The zero-order chi connectivity index (χ0) is 102. The van der Waals surface area contributed by atoms with Crippen LogP contribution in [0.2, 0.25) is 5.02 Å². The maximum absolute atomic E-state index is 14.0. The summed E-state index contributed by atoms with van der Waals surface area (Å²) >= 11 is 6.16. The summed E-state index contributed by atoms with van der Waals surface area (Å²) in [5, 5.41) is 51.2. The molecule has 16 rings (SSSR count). The quantitative estimate of drug-likeness (QED) is 0.0146. The lowest BCUT2D eigenvalue weighted by atomic mass is 9.97. The molecule has 4 unspecified atom stereocenters. The van der Waals surface area contributed by atoms with Crippen molar-refractivity contribution in [3.05, 3.63) is 170 Å². The topological polar surface area (TPSA) is 637 Å². The third-order valence-corrected chi connectivity index (χ3v) is 24.6. The molecule has 5 fully saturated rings. The zero-order valence-corrected chi connectivity index (χ0v) is 77.8. The Morgan fingerprint density at radius 1 is 0.486 bits per heavy atom. The molecule has 5 saturated heterocycles. The number of carbonyl (C=O) groups excluding carboxylic acids is 22. The first kappa shape index (κ1) is 106. The van der Waals surface area contributed by atoms with Gasteiger partial charge in [-0.25, -0.2) is 9.97 Å². The molecule has 10 aliphatic rings. The lowest BCUT2D eigenvalue weighted by molar-refractivity contribution is -0.137. The maximum Gasteiger partial charge on any atom is 0.266 e. The van der Waals surface area contributed by atoms with Gasteiger partial charge in [0.1, 0.15) is 92.0 Å². The molecule has 5 aromatic carbocycles. The predicted octanol–water partition coefficient (Wildman–Crippen LogP) is 0.638. The van der Waals surface area contributed by atoms with Gasteiger partial charge in [-0.2, -0.15) is 0 Å². The van der Waals surface area contributed by atoms with Crippen LogP contribution in [0.4, 0.5) is 5.82 Å². The number of aliphatic hydroxyl groups excluding tert-OH is 4. The van der Waals surface area contributed by atoms with Gasteiger partial charge in [0.05, 0.1) is 62.2 Å². The van der Waals surface area contributed by atoms with Crippen LogP contribution in [0.25, 0.3) is 0 Å². The second kappa shape index (κ2) is 49.2. The number of fused-ring (bicyclic) bond motifs is 5. The number of piperidine rings is 4. The number of carbonyl (C=O) groups is 22. The molecule has 10 heterocycles. The van der Waals surface area contributed by atoms with Gasteiger partial charge in [0.2, 0.25) is 53.2 Å². The minimum atomic E-state index is -1.11. The average molecular weight is 1980 g/mol. The van der Waals surface area contributed by atoms with Crippen molar-refractivity contribution in [2.24, 2.45) is 5.73 Å². The Morgan fingerprint density at radius 3 is 1.25 bits per heavy atom. The first-order chi connectivity index (χ1) is 68.2. The first-order valence-corrected chi connectivity index (χ1v) is 46.3. The Balaban J connectivity index is 0.000000177. The molecule has 750 valence electrons. The zero-order valence-electron chi connectivity index (χ0n) is 77.0. The second-order valence-corrected chi connectivity index (χ2v) is 34.4. The lowest BCUT2D eigenvalue weighted by Crippen LogP contribution is -2.54. The van der Waals surface area contributed by atoms with Crippen molar-refractivity contribution in [1.29, 1.82) is 0 Å². The number of benzene rings is 5. The van der Waals surface area contributed by atoms with Crippen molar-refractivity contribution in [1.82, 2.24) is 66.4 Å². The minimum Gasteiger partial charge on any atom is -0.485 e. The molecule has 6 aromatic rings. The van der Waals surface area contributed by atoms with Gasteiger partial charge in [-0.1, -0.05) is 54.9 Å². The number of aromatic nitrogens is 2. The summed E-state index contributed by atoms with van der Waals surface area (Å²) in [6.45, 7) is 4.19. The molecule has 0 saturated carbocycles. The number of ketones is 3. The van der Waals surface area contributed by atoms with Gasteiger partial charge >= 0.3 is 0 Å². The molecule has 7 atom stereocenters. The highest BCUT2D eigenvalue weighted by atomic mass is 35.5. The minimum absolute atomic E-state index is 0.00195. The van der Waals surface area contributed by atoms with Crippen molar-refractivity contribution in [2.45, 2.75) is 158 Å². The van der Waals surface area contributed by atoms with Crippen LogP contribution >= 0.6 is 11.6 Å². The third-order valence-electron chi connectivity index (χ3n) is 24.4. The van der Waals surface area contributed by atoms with E-state index in [0.717, 1.165) is 49.3 Å². The first-order valence-electron chi connectivity index (χ1n) is 45.9. The SMILES string of the molecule is C[C@@H]1C[C@@H](O)c2ncnc(N3CCN(C(=O)[C@H](CNCCCNC(=O)COc4cccc5c4C(=O)N(C4CCC(=O)NC4=O)C5=O)c4ccc(Cl)cc4)CC3)c21.NCCCO.O=C(CCCCO)COc1cccc2c1C(=O)N(C1CCC(=O)NC1=O)C2=O.O=C(CO)COc1cccc2c1C(=O)N(C1CCC(=O)NC1=O)C2=O.O=CCCCC(=O)COc1cccc2c1C(=O)N(C1CCC(=O)NC1=O)C2=O. The maximum atomic E-state index is 14.0. The molecule has 0 radical (unpaired) electrons. The van der Waals surface area contributed by atoms with E-state index in [9.17, 15) is 111 Å². The Kier molecular flexibility index (Phi) is 36.7. The molecule has 0 bridgehead atoms. The molecule has 9 aliphatic heterocycles. The van der Waals surface area contributed by atoms with E-state index in [2.05, 4.69) is 53.7 Å². The van der Waals surface area contributed by atoms with Gasteiger partial charge in [-0.05, 0) is 149 Å². The van der Waals surface area contributed by atoms with Crippen molar-refractivity contribution in [3.8, 4) is 23.0 Å². The van der Waals surface area contributed by atoms with Crippen molar-refractivity contribution in [2.75, 3.05) is 104 Å². The molecule has 1 aliphatic carbocycles. The van der Waals surface area contributed by atoms with Crippen LogP contribution in [-0.2, 0) is 67.1 Å². The highest BCUT2D eigenvalue weighted by Gasteiger charge is 2.51. The summed E-state index contributed by atoms with van der Waals surface area (Å²) in [7, 11) is 0. The number of nitrogens with one attached hydrogen (secondary N) is 6. The van der Waals surface area contributed by atoms with E-state index in [0.29, 0.717) is 95.2 Å². The Labute approximate surface area is 814 Å². The summed E-state index contributed by atoms with van der Waals surface area (Å²) in [6, 6.07) is 20.6. The van der Waals surface area contributed by atoms with E-state index in [1.165, 1.54) is 79.1 Å². The van der Waals surface area contributed by atoms with Crippen LogP contribution < -0.4 is 61.5 Å². The number of hydrogen-bond acceptors (Lipinski definition) is 35. The largest absolute Gasteiger partial charge is 0.485 e. The highest BCUT2D eigenvalue weighted by Crippen LogP contribution is 2.44. The molecule has 12 N–H and O–H groups in total. The summed E-state index contributed by atoms with van der Waals surface area (Å²) in [5.41, 5.74) is 7.73. The molecule has 46 heteroatoms. The number of imide groups is 8. The van der Waals surface area contributed by atoms with E-state index in [4.69, 9.17) is 51.6 Å². The van der Waals surface area contributed by atoms with E-state index in [-0.39, 0.29) is 188 Å². The van der Waals surface area contributed by atoms with Crippen molar-refractivity contribution in [3.63, 3.8) is 0 Å². The van der Waals surface area contributed by atoms with Gasteiger partial charge in [-0.3, -0.25) is 142 Å². The molecule has 45 nitrogen and oxygen atoms in total.